The van der Waals surface area contributed by atoms with Gasteiger partial charge in [0.05, 0.1) is 0 Å². The lowest BCUT2D eigenvalue weighted by molar-refractivity contribution is -0.361. The minimum Gasteiger partial charge on any atom is -0.438 e. The molecule has 0 heterocycles. The van der Waals surface area contributed by atoms with Gasteiger partial charge in [0.15, 0.2) is 0 Å². The van der Waals surface area contributed by atoms with E-state index in [1.54, 1.807) is 13.8 Å². The van der Waals surface area contributed by atoms with Crippen molar-refractivity contribution >= 4 is 27.7 Å². The molecule has 240 valence electrons. The fourth-order valence-electron chi connectivity index (χ4n) is 9.15. The van der Waals surface area contributed by atoms with Crippen LogP contribution in [0.25, 0.3) is 0 Å². The van der Waals surface area contributed by atoms with Gasteiger partial charge in [-0.15, -0.1) is 0 Å². The number of hydrogen-bond acceptors (Lipinski definition) is 6. The van der Waals surface area contributed by atoms with Crippen molar-refractivity contribution in [2.24, 2.45) is 46.3 Å². The van der Waals surface area contributed by atoms with Crippen LogP contribution >= 0.6 is 0 Å². The molecule has 8 atom stereocenters. The Labute approximate surface area is 241 Å². The maximum absolute atomic E-state index is 13.8. The number of alkyl halides is 6. The molecule has 14 heteroatoms. The van der Waals surface area contributed by atoms with Gasteiger partial charge in [-0.25, -0.2) is 0 Å². The molecule has 0 amide bonds. The highest BCUT2D eigenvalue weighted by atomic mass is 32.2. The molecular weight excluding hydrogens is 594 g/mol. The Morgan fingerprint density at radius 3 is 2.19 bits per heavy atom. The first-order valence-corrected chi connectivity index (χ1v) is 16.1. The maximum atomic E-state index is 13.8. The molecule has 0 aromatic heterocycles. The molecular formula is C28H38F6O7S. The van der Waals surface area contributed by atoms with Crippen molar-refractivity contribution in [3.05, 3.63) is 0 Å². The van der Waals surface area contributed by atoms with Crippen LogP contribution in [-0.2, 0) is 29.2 Å². The number of esters is 1. The molecule has 4 saturated carbocycles. The Bertz CT molecular complexity index is 1200. The van der Waals surface area contributed by atoms with E-state index in [4.69, 9.17) is 4.55 Å². The fourth-order valence-corrected chi connectivity index (χ4v) is 10.0. The molecule has 8 unspecified atom stereocenters. The second-order valence-electron chi connectivity index (χ2n) is 13.5. The van der Waals surface area contributed by atoms with E-state index in [1.807, 2.05) is 0 Å². The first-order chi connectivity index (χ1) is 19.1. The van der Waals surface area contributed by atoms with E-state index in [2.05, 4.69) is 11.7 Å². The summed E-state index contributed by atoms with van der Waals surface area (Å²) >= 11 is 0. The second-order valence-corrected chi connectivity index (χ2v) is 14.9. The van der Waals surface area contributed by atoms with Gasteiger partial charge in [-0.05, 0) is 67.1 Å². The van der Waals surface area contributed by atoms with E-state index in [0.717, 1.165) is 25.7 Å². The smallest absolute Gasteiger partial charge is 0.438 e. The molecule has 42 heavy (non-hydrogen) atoms. The van der Waals surface area contributed by atoms with Crippen LogP contribution in [-0.4, -0.2) is 54.2 Å². The van der Waals surface area contributed by atoms with Crippen LogP contribution in [0.2, 0.25) is 0 Å². The van der Waals surface area contributed by atoms with Crippen molar-refractivity contribution in [2.75, 3.05) is 5.75 Å². The summed E-state index contributed by atoms with van der Waals surface area (Å²) in [5.41, 5.74) is -6.47. The molecule has 0 aliphatic heterocycles. The Balaban J connectivity index is 1.51. The summed E-state index contributed by atoms with van der Waals surface area (Å²) in [6, 6.07) is 0. The average Bonchev–Trinajstić information content (AvgIpc) is 3.19. The third-order valence-electron chi connectivity index (χ3n) is 11.4. The van der Waals surface area contributed by atoms with Crippen molar-refractivity contribution in [3.63, 3.8) is 0 Å². The minimum atomic E-state index is -6.39. The molecule has 4 aliphatic carbocycles. The number of rotatable bonds is 7. The Morgan fingerprint density at radius 1 is 1.00 bits per heavy atom. The molecule has 4 fully saturated rings. The molecule has 0 aromatic carbocycles. The Morgan fingerprint density at radius 2 is 1.62 bits per heavy atom. The maximum Gasteiger partial charge on any atom is 0.438 e. The van der Waals surface area contributed by atoms with Crippen molar-refractivity contribution in [1.29, 1.82) is 0 Å². The number of halogens is 6. The number of Topliss-reactive ketones (excluding diaryl/α,β-unsaturated/α-hetero) is 2. The molecule has 4 aliphatic rings. The highest BCUT2D eigenvalue weighted by molar-refractivity contribution is 7.85. The van der Waals surface area contributed by atoms with Gasteiger partial charge in [0.2, 0.25) is 0 Å². The van der Waals surface area contributed by atoms with Crippen LogP contribution in [0.3, 0.4) is 0 Å². The van der Waals surface area contributed by atoms with Crippen molar-refractivity contribution in [3.8, 4) is 0 Å². The minimum absolute atomic E-state index is 0.00670. The molecule has 0 saturated heterocycles. The summed E-state index contributed by atoms with van der Waals surface area (Å²) in [5, 5.41) is 0. The quantitative estimate of drug-likeness (QED) is 0.205. The third-order valence-corrected chi connectivity index (χ3v) is 12.2. The van der Waals surface area contributed by atoms with Crippen LogP contribution in [0, 0.1) is 46.3 Å². The van der Waals surface area contributed by atoms with Gasteiger partial charge >= 0.3 is 23.9 Å². The fraction of sp³-hybridized carbons (Fsp3) is 0.893. The van der Waals surface area contributed by atoms with E-state index in [9.17, 15) is 49.1 Å². The highest BCUT2D eigenvalue weighted by Crippen LogP contribution is 2.66. The topological polar surface area (TPSA) is 115 Å². The van der Waals surface area contributed by atoms with Crippen molar-refractivity contribution in [1.82, 2.24) is 0 Å². The predicted molar refractivity (Wildman–Crippen MR) is 136 cm³/mol. The van der Waals surface area contributed by atoms with Crippen molar-refractivity contribution in [2.45, 2.75) is 103 Å². The Kier molecular flexibility index (Phi) is 8.48. The third kappa shape index (κ3) is 5.40. The van der Waals surface area contributed by atoms with E-state index in [-0.39, 0.29) is 59.4 Å². The van der Waals surface area contributed by atoms with Gasteiger partial charge in [0.25, 0.3) is 10.1 Å². The van der Waals surface area contributed by atoms with E-state index < -0.39 is 57.5 Å². The van der Waals surface area contributed by atoms with Crippen LogP contribution in [0.1, 0.15) is 85.0 Å². The molecule has 1 N–H and O–H groups in total. The summed E-state index contributed by atoms with van der Waals surface area (Å²) < 4.78 is 116. The predicted octanol–water partition coefficient (Wildman–Crippen LogP) is 6.10. The number of hydrogen-bond donors (Lipinski definition) is 1. The largest absolute Gasteiger partial charge is 0.438 e. The second kappa shape index (κ2) is 10.7. The van der Waals surface area contributed by atoms with E-state index >= 15 is 0 Å². The van der Waals surface area contributed by atoms with Crippen molar-refractivity contribution < 1.29 is 58.4 Å². The highest BCUT2D eigenvalue weighted by Gasteiger charge is 2.76. The summed E-state index contributed by atoms with van der Waals surface area (Å²) in [6.45, 7) is 5.66. The first kappa shape index (κ1) is 33.2. The lowest BCUT2D eigenvalue weighted by Gasteiger charge is -2.59. The molecule has 0 spiro atoms. The lowest BCUT2D eigenvalue weighted by atomic mass is 9.44. The number of ether oxygens (including phenoxy) is 1. The first-order valence-electron chi connectivity index (χ1n) is 14.4. The van der Waals surface area contributed by atoms with E-state index in [0.29, 0.717) is 19.3 Å². The van der Waals surface area contributed by atoms with Gasteiger partial charge in [0.1, 0.15) is 17.3 Å². The number of carbonyl (C=O) groups is 3. The summed E-state index contributed by atoms with van der Waals surface area (Å²) in [5.74, 6) is -5.87. The lowest BCUT2D eigenvalue weighted by Crippen LogP contribution is -2.63. The monoisotopic (exact) mass is 632 g/mol. The summed E-state index contributed by atoms with van der Waals surface area (Å²) in [6.07, 6.45) is -8.06. The SMILES string of the molecule is CC(CCC(=O)OC(CS(=O)(=O)O)(C(F)(F)F)C(F)(F)F)C1CCC2C3C(=O)CC4CCCCC4(C)C3CC(=O)C12C. The Hall–Kier alpha value is -1.70. The van der Waals surface area contributed by atoms with Gasteiger partial charge in [-0.1, -0.05) is 33.6 Å². The van der Waals surface area contributed by atoms with Crippen LogP contribution in [0.4, 0.5) is 26.3 Å². The zero-order valence-corrected chi connectivity index (χ0v) is 24.6. The van der Waals surface area contributed by atoms with Crippen LogP contribution in [0.5, 0.6) is 0 Å². The molecule has 4 rings (SSSR count). The number of fused-ring (bicyclic) bond motifs is 5. The van der Waals surface area contributed by atoms with Gasteiger partial charge in [0, 0.05) is 30.6 Å². The number of ketones is 2. The molecule has 0 radical (unpaired) electrons. The molecule has 0 bridgehead atoms. The standard InChI is InChI=1S/C28H38F6O7S/c1-15(7-10-22(37)41-26(27(29,30)31,28(32,33)34)14-42(38,39)40)17-8-9-18-23-19(13-21(36)25(17,18)3)24(2)11-5-4-6-16(24)12-20(23)35/h15-19,23H,4-14H2,1-3H3,(H,38,39,40). The molecule has 7 nitrogen and oxygen atoms in total. The number of carbonyl (C=O) groups excluding carboxylic acids is 3. The molecule has 0 aromatic rings. The van der Waals surface area contributed by atoms with Gasteiger partial charge < -0.3 is 4.74 Å². The van der Waals surface area contributed by atoms with Gasteiger partial charge in [-0.3, -0.25) is 18.9 Å². The summed E-state index contributed by atoms with van der Waals surface area (Å²) in [4.78, 5) is 39.7. The van der Waals surface area contributed by atoms with Gasteiger partial charge in [-0.2, -0.15) is 34.8 Å². The van der Waals surface area contributed by atoms with Crippen LogP contribution in [0.15, 0.2) is 0 Å². The normalized spacial score (nSPS) is 36.6. The summed E-state index contributed by atoms with van der Waals surface area (Å²) in [7, 11) is -5.87. The van der Waals surface area contributed by atoms with Crippen LogP contribution < -0.4 is 0 Å². The van der Waals surface area contributed by atoms with E-state index in [1.165, 1.54) is 0 Å². The zero-order valence-electron chi connectivity index (χ0n) is 23.8. The average molecular weight is 633 g/mol. The zero-order chi connectivity index (χ0) is 31.7.